The van der Waals surface area contributed by atoms with Crippen molar-refractivity contribution in [2.24, 2.45) is 0 Å². The Kier molecular flexibility index (Phi) is 5.74. The average molecular weight is 244 g/mol. The Labute approximate surface area is 99.2 Å². The zero-order valence-corrected chi connectivity index (χ0v) is 9.83. The van der Waals surface area contributed by atoms with Crippen LogP contribution < -0.4 is 5.32 Å². The largest absolute Gasteiger partial charge is 0.381 e. The SMILES string of the molecule is CCCOCCC(=O)Nc1cc(Cl)ncn1. The van der Waals surface area contributed by atoms with Crippen LogP contribution in [0, 0.1) is 0 Å². The van der Waals surface area contributed by atoms with E-state index in [1.165, 1.54) is 12.4 Å². The second kappa shape index (κ2) is 7.14. The first-order valence-electron chi connectivity index (χ1n) is 5.07. The van der Waals surface area contributed by atoms with E-state index in [1.807, 2.05) is 6.92 Å². The molecule has 0 fully saturated rings. The summed E-state index contributed by atoms with van der Waals surface area (Å²) >= 11 is 5.65. The first-order valence-corrected chi connectivity index (χ1v) is 5.45. The summed E-state index contributed by atoms with van der Waals surface area (Å²) in [5, 5.41) is 2.90. The van der Waals surface area contributed by atoms with Gasteiger partial charge in [-0.2, -0.15) is 0 Å². The van der Waals surface area contributed by atoms with E-state index in [9.17, 15) is 4.79 Å². The molecule has 1 heterocycles. The maximum absolute atomic E-state index is 11.4. The minimum Gasteiger partial charge on any atom is -0.381 e. The third kappa shape index (κ3) is 5.04. The molecular weight excluding hydrogens is 230 g/mol. The Morgan fingerprint density at radius 1 is 1.50 bits per heavy atom. The zero-order chi connectivity index (χ0) is 11.8. The summed E-state index contributed by atoms with van der Waals surface area (Å²) < 4.78 is 5.20. The number of amides is 1. The van der Waals surface area contributed by atoms with Crippen molar-refractivity contribution in [2.75, 3.05) is 18.5 Å². The minimum absolute atomic E-state index is 0.147. The van der Waals surface area contributed by atoms with E-state index in [2.05, 4.69) is 15.3 Å². The summed E-state index contributed by atoms with van der Waals surface area (Å²) in [7, 11) is 0. The number of nitrogens with one attached hydrogen (secondary N) is 1. The van der Waals surface area contributed by atoms with Crippen LogP contribution in [0.4, 0.5) is 5.82 Å². The van der Waals surface area contributed by atoms with Crippen LogP contribution in [0.15, 0.2) is 12.4 Å². The fourth-order valence-electron chi connectivity index (χ4n) is 1.02. The molecule has 0 saturated heterocycles. The summed E-state index contributed by atoms with van der Waals surface area (Å²) in [4.78, 5) is 19.0. The highest BCUT2D eigenvalue weighted by atomic mass is 35.5. The van der Waals surface area contributed by atoms with Gasteiger partial charge in [0.2, 0.25) is 5.91 Å². The number of aromatic nitrogens is 2. The standard InChI is InChI=1S/C10H14ClN3O2/c1-2-4-16-5-3-10(15)14-9-6-8(11)12-7-13-9/h6-7H,2-5H2,1H3,(H,12,13,14,15). The Hall–Kier alpha value is -1.20. The fourth-order valence-corrected chi connectivity index (χ4v) is 1.17. The monoisotopic (exact) mass is 243 g/mol. The van der Waals surface area contributed by atoms with E-state index in [0.717, 1.165) is 6.42 Å². The average Bonchev–Trinajstić information content (AvgIpc) is 2.24. The van der Waals surface area contributed by atoms with Gasteiger partial charge in [0.25, 0.3) is 0 Å². The molecule has 1 aromatic rings. The summed E-state index contributed by atoms with van der Waals surface area (Å²) in [6.45, 7) is 3.11. The van der Waals surface area contributed by atoms with E-state index in [1.54, 1.807) is 0 Å². The maximum Gasteiger partial charge on any atom is 0.227 e. The Morgan fingerprint density at radius 3 is 3.00 bits per heavy atom. The van der Waals surface area contributed by atoms with E-state index in [4.69, 9.17) is 16.3 Å². The second-order valence-corrected chi connectivity index (χ2v) is 3.52. The smallest absolute Gasteiger partial charge is 0.227 e. The summed E-state index contributed by atoms with van der Waals surface area (Å²) in [5.74, 6) is 0.256. The molecule has 0 aliphatic heterocycles. The number of rotatable bonds is 6. The fraction of sp³-hybridized carbons (Fsp3) is 0.500. The van der Waals surface area contributed by atoms with Crippen molar-refractivity contribution in [3.05, 3.63) is 17.5 Å². The van der Waals surface area contributed by atoms with Gasteiger partial charge in [-0.1, -0.05) is 18.5 Å². The van der Waals surface area contributed by atoms with E-state index in [0.29, 0.717) is 30.6 Å². The molecule has 1 amide bonds. The van der Waals surface area contributed by atoms with Gasteiger partial charge in [-0.05, 0) is 6.42 Å². The molecule has 1 rings (SSSR count). The molecule has 0 atom stereocenters. The predicted molar refractivity (Wildman–Crippen MR) is 61.4 cm³/mol. The van der Waals surface area contributed by atoms with Crippen molar-refractivity contribution >= 4 is 23.3 Å². The molecule has 0 spiro atoms. The van der Waals surface area contributed by atoms with E-state index < -0.39 is 0 Å². The van der Waals surface area contributed by atoms with Gasteiger partial charge in [-0.15, -0.1) is 0 Å². The van der Waals surface area contributed by atoms with Gasteiger partial charge in [0.15, 0.2) is 0 Å². The van der Waals surface area contributed by atoms with Gasteiger partial charge in [-0.25, -0.2) is 9.97 Å². The highest BCUT2D eigenvalue weighted by Gasteiger charge is 2.03. The minimum atomic E-state index is -0.147. The molecule has 0 bridgehead atoms. The third-order valence-electron chi connectivity index (χ3n) is 1.72. The molecule has 0 aliphatic rings. The molecule has 6 heteroatoms. The molecule has 1 aromatic heterocycles. The molecule has 0 aromatic carbocycles. The number of nitrogens with zero attached hydrogens (tertiary/aromatic N) is 2. The highest BCUT2D eigenvalue weighted by Crippen LogP contribution is 2.08. The number of hydrogen-bond acceptors (Lipinski definition) is 4. The lowest BCUT2D eigenvalue weighted by atomic mass is 10.4. The summed E-state index contributed by atoms with van der Waals surface area (Å²) in [5.41, 5.74) is 0. The summed E-state index contributed by atoms with van der Waals surface area (Å²) in [6, 6.07) is 1.49. The quantitative estimate of drug-likeness (QED) is 0.612. The molecule has 0 unspecified atom stereocenters. The van der Waals surface area contributed by atoms with Gasteiger partial charge < -0.3 is 10.1 Å². The number of halogens is 1. The number of hydrogen-bond donors (Lipinski definition) is 1. The molecule has 88 valence electrons. The lowest BCUT2D eigenvalue weighted by Gasteiger charge is -2.04. The lowest BCUT2D eigenvalue weighted by molar-refractivity contribution is -0.117. The molecule has 0 aliphatic carbocycles. The third-order valence-corrected chi connectivity index (χ3v) is 1.93. The van der Waals surface area contributed by atoms with Crippen LogP contribution in [0.5, 0.6) is 0 Å². The van der Waals surface area contributed by atoms with E-state index in [-0.39, 0.29) is 5.91 Å². The van der Waals surface area contributed by atoms with Crippen LogP contribution in [0.1, 0.15) is 19.8 Å². The van der Waals surface area contributed by atoms with Gasteiger partial charge in [0, 0.05) is 12.7 Å². The first kappa shape index (κ1) is 12.9. The van der Waals surface area contributed by atoms with Crippen molar-refractivity contribution in [3.8, 4) is 0 Å². The number of anilines is 1. The molecular formula is C10H14ClN3O2. The molecule has 0 radical (unpaired) electrons. The molecule has 16 heavy (non-hydrogen) atoms. The van der Waals surface area contributed by atoms with Crippen LogP contribution in [-0.2, 0) is 9.53 Å². The van der Waals surface area contributed by atoms with Crippen molar-refractivity contribution < 1.29 is 9.53 Å². The first-order chi connectivity index (χ1) is 7.72. The van der Waals surface area contributed by atoms with Gasteiger partial charge >= 0.3 is 0 Å². The Morgan fingerprint density at radius 2 is 2.31 bits per heavy atom. The second-order valence-electron chi connectivity index (χ2n) is 3.14. The summed E-state index contributed by atoms with van der Waals surface area (Å²) in [6.07, 6.45) is 2.55. The maximum atomic E-state index is 11.4. The van der Waals surface area contributed by atoms with Crippen LogP contribution in [0.25, 0.3) is 0 Å². The van der Waals surface area contributed by atoms with Crippen LogP contribution >= 0.6 is 11.6 Å². The zero-order valence-electron chi connectivity index (χ0n) is 9.07. The molecule has 1 N–H and O–H groups in total. The number of ether oxygens (including phenoxy) is 1. The Bertz CT molecular complexity index is 347. The van der Waals surface area contributed by atoms with Gasteiger partial charge in [0.1, 0.15) is 17.3 Å². The van der Waals surface area contributed by atoms with Gasteiger partial charge in [-0.3, -0.25) is 4.79 Å². The van der Waals surface area contributed by atoms with Crippen LogP contribution in [-0.4, -0.2) is 29.1 Å². The lowest BCUT2D eigenvalue weighted by Crippen LogP contribution is -2.15. The number of carbonyl (C=O) groups is 1. The number of carbonyl (C=O) groups excluding carboxylic acids is 1. The van der Waals surface area contributed by atoms with Crippen molar-refractivity contribution in [2.45, 2.75) is 19.8 Å². The van der Waals surface area contributed by atoms with Crippen molar-refractivity contribution in [1.82, 2.24) is 9.97 Å². The normalized spacial score (nSPS) is 10.1. The van der Waals surface area contributed by atoms with Gasteiger partial charge in [0.05, 0.1) is 13.0 Å². The molecule has 5 nitrogen and oxygen atoms in total. The van der Waals surface area contributed by atoms with E-state index >= 15 is 0 Å². The highest BCUT2D eigenvalue weighted by molar-refractivity contribution is 6.29. The van der Waals surface area contributed by atoms with Crippen LogP contribution in [0.3, 0.4) is 0 Å². The molecule has 0 saturated carbocycles. The Balaban J connectivity index is 2.29. The van der Waals surface area contributed by atoms with Crippen molar-refractivity contribution in [1.29, 1.82) is 0 Å². The topological polar surface area (TPSA) is 64.1 Å². The predicted octanol–water partition coefficient (Wildman–Crippen LogP) is 1.89. The van der Waals surface area contributed by atoms with Crippen LogP contribution in [0.2, 0.25) is 5.15 Å². The van der Waals surface area contributed by atoms with Crippen molar-refractivity contribution in [3.63, 3.8) is 0 Å².